The van der Waals surface area contributed by atoms with Gasteiger partial charge >= 0.3 is 0 Å². The van der Waals surface area contributed by atoms with E-state index in [2.05, 4.69) is 37.8 Å². The Balaban J connectivity index is 1.27. The lowest BCUT2D eigenvalue weighted by atomic mass is 10.0. The maximum absolute atomic E-state index is 11.7. The Hall–Kier alpha value is -3.48. The van der Waals surface area contributed by atoms with Crippen molar-refractivity contribution in [2.45, 2.75) is 39.2 Å². The third-order valence-corrected chi connectivity index (χ3v) is 4.83. The van der Waals surface area contributed by atoms with E-state index in [0.717, 1.165) is 46.5 Å². The van der Waals surface area contributed by atoms with Gasteiger partial charge in [0.2, 0.25) is 5.91 Å². The number of amides is 1. The van der Waals surface area contributed by atoms with E-state index >= 15 is 0 Å². The first-order valence-electron chi connectivity index (χ1n) is 10.1. The molecule has 2 aromatic carbocycles. The van der Waals surface area contributed by atoms with Crippen molar-refractivity contribution in [1.82, 2.24) is 15.5 Å². The smallest absolute Gasteiger partial charge is 0.223 e. The molecule has 4 rings (SSSR count). The van der Waals surface area contributed by atoms with Gasteiger partial charge in [-0.1, -0.05) is 6.07 Å². The minimum Gasteiger partial charge on any atom is -0.493 e. The van der Waals surface area contributed by atoms with Gasteiger partial charge in [-0.2, -0.15) is 15.3 Å². The second kappa shape index (κ2) is 8.90. The van der Waals surface area contributed by atoms with Crippen LogP contribution >= 0.6 is 0 Å². The maximum atomic E-state index is 11.7. The summed E-state index contributed by atoms with van der Waals surface area (Å²) in [6, 6.07) is 14.2. The second-order valence-corrected chi connectivity index (χ2v) is 7.70. The van der Waals surface area contributed by atoms with Crippen molar-refractivity contribution in [2.24, 2.45) is 10.2 Å². The predicted molar refractivity (Wildman–Crippen MR) is 118 cm³/mol. The summed E-state index contributed by atoms with van der Waals surface area (Å²) in [5, 5.41) is 19.7. The molecule has 1 amide bonds. The number of nitrogens with zero attached hydrogens (tertiary/aromatic N) is 3. The molecule has 7 nitrogen and oxygen atoms in total. The van der Waals surface area contributed by atoms with Crippen LogP contribution in [-0.2, 0) is 11.2 Å². The molecule has 1 aromatic heterocycles. The van der Waals surface area contributed by atoms with Crippen LogP contribution in [0.15, 0.2) is 58.9 Å². The van der Waals surface area contributed by atoms with E-state index in [1.54, 1.807) is 0 Å². The van der Waals surface area contributed by atoms with Crippen LogP contribution in [0, 0.1) is 0 Å². The fourth-order valence-electron chi connectivity index (χ4n) is 3.39. The Labute approximate surface area is 175 Å². The number of nitrogens with one attached hydrogen (secondary N) is 2. The van der Waals surface area contributed by atoms with Crippen molar-refractivity contribution in [2.75, 3.05) is 6.61 Å². The number of hydrogen-bond acceptors (Lipinski definition) is 5. The number of rotatable bonds is 8. The Morgan fingerprint density at radius 2 is 2.00 bits per heavy atom. The van der Waals surface area contributed by atoms with Crippen molar-refractivity contribution in [3.8, 4) is 5.75 Å². The molecule has 0 radical (unpaired) electrons. The van der Waals surface area contributed by atoms with Crippen LogP contribution in [0.4, 0.5) is 0 Å². The molecular formula is C23H25N5O2. The van der Waals surface area contributed by atoms with E-state index in [9.17, 15) is 4.79 Å². The van der Waals surface area contributed by atoms with Gasteiger partial charge in [0.1, 0.15) is 5.75 Å². The summed E-state index contributed by atoms with van der Waals surface area (Å²) >= 11 is 0. The quantitative estimate of drug-likeness (QED) is 0.601. The number of ether oxygens (including phenoxy) is 1. The van der Waals surface area contributed by atoms with Crippen LogP contribution in [-0.4, -0.2) is 40.2 Å². The predicted octanol–water partition coefficient (Wildman–Crippen LogP) is 3.65. The SMILES string of the molecule is CC(C)NC(=O)CCOc1ccc(C2=NN=C(Cc3ccc4[nH]ncc4c3)C2)cc1. The molecule has 30 heavy (non-hydrogen) atoms. The average molecular weight is 403 g/mol. The molecule has 0 aliphatic carbocycles. The van der Waals surface area contributed by atoms with Gasteiger partial charge in [-0.15, -0.1) is 0 Å². The van der Waals surface area contributed by atoms with Crippen LogP contribution in [0.1, 0.15) is 37.8 Å². The maximum Gasteiger partial charge on any atom is 0.223 e. The first-order valence-corrected chi connectivity index (χ1v) is 10.1. The summed E-state index contributed by atoms with van der Waals surface area (Å²) in [6.45, 7) is 4.24. The topological polar surface area (TPSA) is 91.7 Å². The van der Waals surface area contributed by atoms with Gasteiger partial charge in [0.05, 0.1) is 36.2 Å². The van der Waals surface area contributed by atoms with E-state index in [0.29, 0.717) is 13.0 Å². The molecule has 0 saturated heterocycles. The highest BCUT2D eigenvalue weighted by Gasteiger charge is 2.15. The highest BCUT2D eigenvalue weighted by molar-refractivity contribution is 6.15. The molecule has 3 aromatic rings. The van der Waals surface area contributed by atoms with Crippen molar-refractivity contribution >= 4 is 28.2 Å². The lowest BCUT2D eigenvalue weighted by Crippen LogP contribution is -2.31. The van der Waals surface area contributed by atoms with Crippen LogP contribution in [0.25, 0.3) is 10.9 Å². The van der Waals surface area contributed by atoms with Gasteiger partial charge in [0.25, 0.3) is 0 Å². The molecule has 0 spiro atoms. The second-order valence-electron chi connectivity index (χ2n) is 7.70. The number of carbonyl (C=O) groups is 1. The summed E-state index contributed by atoms with van der Waals surface area (Å²) in [5.74, 6) is 0.739. The van der Waals surface area contributed by atoms with Gasteiger partial charge < -0.3 is 10.1 Å². The third-order valence-electron chi connectivity index (χ3n) is 4.83. The number of aromatic amines is 1. The fourth-order valence-corrected chi connectivity index (χ4v) is 3.39. The van der Waals surface area contributed by atoms with Gasteiger partial charge in [0, 0.05) is 24.3 Å². The van der Waals surface area contributed by atoms with Crippen LogP contribution in [0.2, 0.25) is 0 Å². The number of H-pyrrole nitrogens is 1. The lowest BCUT2D eigenvalue weighted by Gasteiger charge is -2.10. The molecule has 0 saturated carbocycles. The van der Waals surface area contributed by atoms with Crippen molar-refractivity contribution in [3.63, 3.8) is 0 Å². The van der Waals surface area contributed by atoms with E-state index < -0.39 is 0 Å². The average Bonchev–Trinajstić information content (AvgIpc) is 3.37. The van der Waals surface area contributed by atoms with Gasteiger partial charge in [-0.25, -0.2) is 0 Å². The lowest BCUT2D eigenvalue weighted by molar-refractivity contribution is -0.122. The molecule has 1 aliphatic heterocycles. The van der Waals surface area contributed by atoms with Crippen LogP contribution in [0.3, 0.4) is 0 Å². The van der Waals surface area contributed by atoms with Crippen molar-refractivity contribution < 1.29 is 9.53 Å². The van der Waals surface area contributed by atoms with E-state index in [-0.39, 0.29) is 11.9 Å². The molecule has 0 bridgehead atoms. The molecule has 2 heterocycles. The summed E-state index contributed by atoms with van der Waals surface area (Å²) in [5.41, 5.74) is 5.27. The summed E-state index contributed by atoms with van der Waals surface area (Å²) in [4.78, 5) is 11.7. The van der Waals surface area contributed by atoms with Gasteiger partial charge in [-0.3, -0.25) is 9.89 Å². The minimum atomic E-state index is -0.00136. The first-order chi connectivity index (χ1) is 14.6. The monoisotopic (exact) mass is 403 g/mol. The first kappa shape index (κ1) is 19.8. The largest absolute Gasteiger partial charge is 0.493 e. The van der Waals surface area contributed by atoms with E-state index in [4.69, 9.17) is 4.74 Å². The molecule has 154 valence electrons. The fraction of sp³-hybridized carbons (Fsp3) is 0.304. The van der Waals surface area contributed by atoms with Gasteiger partial charge in [-0.05, 0) is 61.4 Å². The number of benzene rings is 2. The molecular weight excluding hydrogens is 378 g/mol. The molecule has 2 N–H and O–H groups in total. The Kier molecular flexibility index (Phi) is 5.88. The molecule has 0 atom stereocenters. The van der Waals surface area contributed by atoms with Crippen molar-refractivity contribution in [1.29, 1.82) is 0 Å². The highest BCUT2D eigenvalue weighted by atomic mass is 16.5. The number of fused-ring (bicyclic) bond motifs is 1. The summed E-state index contributed by atoms with van der Waals surface area (Å²) < 4.78 is 5.67. The third kappa shape index (κ3) is 4.92. The Morgan fingerprint density at radius 3 is 2.80 bits per heavy atom. The Bertz CT molecular complexity index is 1100. The molecule has 7 heteroatoms. The Morgan fingerprint density at radius 1 is 1.17 bits per heavy atom. The van der Waals surface area contributed by atoms with Gasteiger partial charge in [0.15, 0.2) is 0 Å². The zero-order valence-corrected chi connectivity index (χ0v) is 17.2. The minimum absolute atomic E-state index is 0.00136. The molecule has 0 fully saturated rings. The zero-order valence-electron chi connectivity index (χ0n) is 17.2. The number of hydrogen-bond donors (Lipinski definition) is 2. The summed E-state index contributed by atoms with van der Waals surface area (Å²) in [7, 11) is 0. The van der Waals surface area contributed by atoms with Crippen LogP contribution in [0.5, 0.6) is 5.75 Å². The van der Waals surface area contributed by atoms with E-state index in [1.807, 2.05) is 50.4 Å². The van der Waals surface area contributed by atoms with Crippen LogP contribution < -0.4 is 10.1 Å². The molecule has 0 unspecified atom stereocenters. The number of aromatic nitrogens is 2. The highest BCUT2D eigenvalue weighted by Crippen LogP contribution is 2.20. The van der Waals surface area contributed by atoms with Crippen molar-refractivity contribution in [3.05, 3.63) is 59.8 Å². The molecule has 1 aliphatic rings. The van der Waals surface area contributed by atoms with E-state index in [1.165, 1.54) is 5.56 Å². The normalized spacial score (nSPS) is 13.4. The zero-order chi connectivity index (χ0) is 20.9. The number of carbonyl (C=O) groups excluding carboxylic acids is 1. The standard InChI is InChI=1S/C23H25N5O2/c1-15(2)25-23(29)9-10-30-20-6-4-17(5-7-20)22-13-19(26-28-22)12-16-3-8-21-18(11-16)14-24-27-21/h3-8,11,14-15H,9-10,12-13H2,1-2H3,(H,24,27)(H,25,29). The summed E-state index contributed by atoms with van der Waals surface area (Å²) in [6.07, 6.45) is 3.68.